The Hall–Kier alpha value is -3.23. The van der Waals surface area contributed by atoms with Crippen LogP contribution in [0.5, 0.6) is 11.5 Å². The maximum Gasteiger partial charge on any atom is 0.309 e. The van der Waals surface area contributed by atoms with Crippen LogP contribution in [0.15, 0.2) is 24.5 Å². The van der Waals surface area contributed by atoms with E-state index in [1.807, 2.05) is 25.1 Å². The molecule has 0 unspecified atom stereocenters. The van der Waals surface area contributed by atoms with E-state index < -0.39 is 0 Å². The lowest BCUT2D eigenvalue weighted by molar-refractivity contribution is -0.148. The van der Waals surface area contributed by atoms with Gasteiger partial charge in [-0.25, -0.2) is 9.97 Å². The molecule has 0 amide bonds. The Balaban J connectivity index is 1.46. The third-order valence-electron chi connectivity index (χ3n) is 4.91. The number of aromatic nitrogens is 2. The third-order valence-corrected chi connectivity index (χ3v) is 4.91. The molecule has 0 saturated carbocycles. The largest absolute Gasteiger partial charge is 0.466 e. The maximum absolute atomic E-state index is 11.9. The smallest absolute Gasteiger partial charge is 0.309 e. The number of carbonyl (C=O) groups excluding carboxylic acids is 1. The highest BCUT2D eigenvalue weighted by molar-refractivity contribution is 5.79. The van der Waals surface area contributed by atoms with E-state index in [-0.39, 0.29) is 18.7 Å². The predicted molar refractivity (Wildman–Crippen MR) is 104 cm³/mol. The average Bonchev–Trinajstić information content (AvgIpc) is 3.18. The van der Waals surface area contributed by atoms with E-state index in [2.05, 4.69) is 20.2 Å². The fourth-order valence-corrected chi connectivity index (χ4v) is 3.44. The zero-order valence-corrected chi connectivity index (χ0v) is 15.7. The highest BCUT2D eigenvalue weighted by Gasteiger charge is 2.28. The van der Waals surface area contributed by atoms with Crippen LogP contribution in [0.3, 0.4) is 0 Å². The third kappa shape index (κ3) is 3.60. The standard InChI is InChI=1S/C19H23N5O4/c1-2-26-19(25)12-5-7-24(8-6-12)18-16(20)17(21-10-22-18)23-13-3-4-14-15(9-13)28-11-27-14/h3-4,9-10,12H,2,5-8,11,20H2,1H3,(H,21,22,23). The Morgan fingerprint density at radius 1 is 1.29 bits per heavy atom. The fourth-order valence-electron chi connectivity index (χ4n) is 3.44. The van der Waals surface area contributed by atoms with Gasteiger partial charge in [0.15, 0.2) is 23.1 Å². The first-order valence-corrected chi connectivity index (χ1v) is 9.34. The number of hydrogen-bond donors (Lipinski definition) is 2. The van der Waals surface area contributed by atoms with Crippen molar-refractivity contribution >= 4 is 29.0 Å². The first-order chi connectivity index (χ1) is 13.7. The van der Waals surface area contributed by atoms with E-state index in [4.69, 9.17) is 19.9 Å². The number of piperidine rings is 1. The second kappa shape index (κ2) is 7.79. The Bertz CT molecular complexity index is 867. The van der Waals surface area contributed by atoms with Gasteiger partial charge in [0.25, 0.3) is 0 Å². The molecule has 0 spiro atoms. The number of nitrogen functional groups attached to an aromatic ring is 1. The molecular weight excluding hydrogens is 362 g/mol. The molecule has 9 heteroatoms. The molecule has 0 aliphatic carbocycles. The molecule has 0 atom stereocenters. The van der Waals surface area contributed by atoms with Gasteiger partial charge in [-0.2, -0.15) is 0 Å². The molecule has 1 aromatic heterocycles. The quantitative estimate of drug-likeness (QED) is 0.749. The number of carbonyl (C=O) groups is 1. The molecule has 2 aliphatic heterocycles. The van der Waals surface area contributed by atoms with Crippen molar-refractivity contribution in [3.05, 3.63) is 24.5 Å². The van der Waals surface area contributed by atoms with Crippen molar-refractivity contribution in [2.75, 3.05) is 42.4 Å². The van der Waals surface area contributed by atoms with Crippen LogP contribution in [0, 0.1) is 5.92 Å². The minimum Gasteiger partial charge on any atom is -0.466 e. The van der Waals surface area contributed by atoms with Crippen LogP contribution in [0.1, 0.15) is 19.8 Å². The summed E-state index contributed by atoms with van der Waals surface area (Å²) < 4.78 is 15.9. The molecule has 0 bridgehead atoms. The molecule has 4 rings (SSSR count). The second-order valence-electron chi connectivity index (χ2n) is 6.67. The molecule has 2 aliphatic rings. The summed E-state index contributed by atoms with van der Waals surface area (Å²) in [7, 11) is 0. The fraction of sp³-hybridized carbons (Fsp3) is 0.421. The van der Waals surface area contributed by atoms with Crippen molar-refractivity contribution < 1.29 is 19.0 Å². The number of hydrogen-bond acceptors (Lipinski definition) is 9. The average molecular weight is 385 g/mol. The van der Waals surface area contributed by atoms with Gasteiger partial charge in [-0.1, -0.05) is 0 Å². The molecule has 148 valence electrons. The summed E-state index contributed by atoms with van der Waals surface area (Å²) in [6, 6.07) is 5.55. The number of esters is 1. The minimum atomic E-state index is -0.122. The van der Waals surface area contributed by atoms with Crippen LogP contribution in [-0.2, 0) is 9.53 Å². The molecule has 28 heavy (non-hydrogen) atoms. The topological polar surface area (TPSA) is 112 Å². The Kier molecular flexibility index (Phi) is 5.05. The van der Waals surface area contributed by atoms with Crippen LogP contribution in [0.2, 0.25) is 0 Å². The van der Waals surface area contributed by atoms with Gasteiger partial charge in [-0.15, -0.1) is 0 Å². The summed E-state index contributed by atoms with van der Waals surface area (Å²) in [6.07, 6.45) is 2.92. The maximum atomic E-state index is 11.9. The molecule has 9 nitrogen and oxygen atoms in total. The molecule has 3 heterocycles. The summed E-state index contributed by atoms with van der Waals surface area (Å²) in [5, 5.41) is 3.21. The predicted octanol–water partition coefficient (Wildman–Crippen LogP) is 2.31. The lowest BCUT2D eigenvalue weighted by Crippen LogP contribution is -2.37. The van der Waals surface area contributed by atoms with Crippen molar-refractivity contribution in [1.29, 1.82) is 0 Å². The van der Waals surface area contributed by atoms with Gasteiger partial charge in [-0.3, -0.25) is 4.79 Å². The van der Waals surface area contributed by atoms with E-state index in [0.717, 1.165) is 5.69 Å². The minimum absolute atomic E-state index is 0.0644. The van der Waals surface area contributed by atoms with Crippen LogP contribution >= 0.6 is 0 Å². The van der Waals surface area contributed by atoms with Crippen molar-refractivity contribution in [3.63, 3.8) is 0 Å². The zero-order valence-electron chi connectivity index (χ0n) is 15.7. The SMILES string of the molecule is CCOC(=O)C1CCN(c2ncnc(Nc3ccc4c(c3)OCO4)c2N)CC1. The van der Waals surface area contributed by atoms with Gasteiger partial charge in [0.2, 0.25) is 6.79 Å². The summed E-state index contributed by atoms with van der Waals surface area (Å²) in [5.41, 5.74) is 7.60. The number of nitrogens with one attached hydrogen (secondary N) is 1. The molecule has 3 N–H and O–H groups in total. The first kappa shape index (κ1) is 18.1. The molecule has 1 aromatic carbocycles. The Morgan fingerprint density at radius 2 is 2.07 bits per heavy atom. The van der Waals surface area contributed by atoms with E-state index in [1.165, 1.54) is 6.33 Å². The number of anilines is 4. The normalized spacial score (nSPS) is 16.1. The first-order valence-electron chi connectivity index (χ1n) is 9.34. The number of nitrogens with two attached hydrogens (primary N) is 1. The monoisotopic (exact) mass is 385 g/mol. The van der Waals surface area contributed by atoms with Gasteiger partial charge in [-0.05, 0) is 31.9 Å². The number of nitrogens with zero attached hydrogens (tertiary/aromatic N) is 3. The van der Waals surface area contributed by atoms with E-state index in [9.17, 15) is 4.79 Å². The summed E-state index contributed by atoms with van der Waals surface area (Å²) >= 11 is 0. The van der Waals surface area contributed by atoms with Gasteiger partial charge >= 0.3 is 5.97 Å². The highest BCUT2D eigenvalue weighted by atomic mass is 16.7. The molecule has 1 saturated heterocycles. The molecule has 2 aromatic rings. The zero-order chi connectivity index (χ0) is 19.5. The number of rotatable bonds is 5. The second-order valence-corrected chi connectivity index (χ2v) is 6.67. The van der Waals surface area contributed by atoms with Gasteiger partial charge in [0, 0.05) is 24.8 Å². The van der Waals surface area contributed by atoms with Crippen LogP contribution in [0.4, 0.5) is 23.0 Å². The summed E-state index contributed by atoms with van der Waals surface area (Å²) in [6.45, 7) is 3.83. The summed E-state index contributed by atoms with van der Waals surface area (Å²) in [5.74, 6) is 2.40. The lowest BCUT2D eigenvalue weighted by atomic mass is 9.97. The van der Waals surface area contributed by atoms with Crippen molar-refractivity contribution in [2.45, 2.75) is 19.8 Å². The van der Waals surface area contributed by atoms with Crippen LogP contribution < -0.4 is 25.4 Å². The number of ether oxygens (including phenoxy) is 3. The molecular formula is C19H23N5O4. The van der Waals surface area contributed by atoms with Crippen molar-refractivity contribution in [3.8, 4) is 11.5 Å². The van der Waals surface area contributed by atoms with Gasteiger partial charge in [0.1, 0.15) is 12.0 Å². The van der Waals surface area contributed by atoms with E-state index in [0.29, 0.717) is 61.4 Å². The van der Waals surface area contributed by atoms with Gasteiger partial charge in [0.05, 0.1) is 12.5 Å². The lowest BCUT2D eigenvalue weighted by Gasteiger charge is -2.32. The van der Waals surface area contributed by atoms with Gasteiger partial charge < -0.3 is 30.2 Å². The molecule has 0 radical (unpaired) electrons. The number of fused-ring (bicyclic) bond motifs is 1. The van der Waals surface area contributed by atoms with Crippen molar-refractivity contribution in [2.24, 2.45) is 5.92 Å². The highest BCUT2D eigenvalue weighted by Crippen LogP contribution is 2.36. The Labute approximate surface area is 162 Å². The van der Waals surface area contributed by atoms with Crippen molar-refractivity contribution in [1.82, 2.24) is 9.97 Å². The summed E-state index contributed by atoms with van der Waals surface area (Å²) in [4.78, 5) is 22.6. The number of benzene rings is 1. The van der Waals surface area contributed by atoms with Crippen LogP contribution in [0.25, 0.3) is 0 Å². The van der Waals surface area contributed by atoms with E-state index in [1.54, 1.807) is 0 Å². The molecule has 1 fully saturated rings. The van der Waals surface area contributed by atoms with Crippen LogP contribution in [-0.4, -0.2) is 42.4 Å². The van der Waals surface area contributed by atoms with E-state index >= 15 is 0 Å². The Morgan fingerprint density at radius 3 is 2.86 bits per heavy atom.